The zero-order chi connectivity index (χ0) is 11.5. The molecular weight excluding hydrogens is 212 g/mol. The Morgan fingerprint density at radius 1 is 1.44 bits per heavy atom. The molecule has 1 aliphatic carbocycles. The molecule has 1 heterocycles. The van der Waals surface area contributed by atoms with E-state index in [2.05, 4.69) is 10.3 Å². The van der Waals surface area contributed by atoms with Crippen LogP contribution in [-0.2, 0) is 0 Å². The summed E-state index contributed by atoms with van der Waals surface area (Å²) in [5.74, 6) is -0.876. The van der Waals surface area contributed by atoms with Crippen LogP contribution < -0.4 is 11.1 Å². The molecule has 3 N–H and O–H groups in total. The van der Waals surface area contributed by atoms with Gasteiger partial charge in [-0.05, 0) is 18.8 Å². The Labute approximate surface area is 93.1 Å². The maximum absolute atomic E-state index is 13.2. The third-order valence-corrected chi connectivity index (χ3v) is 3.06. The van der Waals surface area contributed by atoms with E-state index in [1.807, 2.05) is 0 Å². The lowest BCUT2D eigenvalue weighted by Crippen LogP contribution is -2.30. The molecule has 0 spiro atoms. The molecule has 1 aliphatic rings. The van der Waals surface area contributed by atoms with Crippen LogP contribution in [0.4, 0.5) is 14.6 Å². The number of pyridine rings is 1. The molecule has 0 aliphatic heterocycles. The van der Waals surface area contributed by atoms with Crippen molar-refractivity contribution in [1.82, 2.24) is 4.98 Å². The Morgan fingerprint density at radius 3 is 2.88 bits per heavy atom. The van der Waals surface area contributed by atoms with Crippen molar-refractivity contribution in [3.8, 4) is 0 Å². The van der Waals surface area contributed by atoms with Crippen molar-refractivity contribution in [3.05, 3.63) is 23.9 Å². The number of aromatic nitrogens is 1. The largest absolute Gasteiger partial charge is 0.367 e. The Hall–Kier alpha value is -1.23. The van der Waals surface area contributed by atoms with E-state index in [9.17, 15) is 8.78 Å². The molecule has 2 atom stereocenters. The summed E-state index contributed by atoms with van der Waals surface area (Å²) in [5, 5.41) is 2.88. The molecule has 3 nitrogen and oxygen atoms in total. The lowest BCUT2D eigenvalue weighted by molar-refractivity contribution is 0.501. The summed E-state index contributed by atoms with van der Waals surface area (Å²) in [5.41, 5.74) is 5.89. The molecule has 1 aromatic rings. The number of nitrogens with zero attached hydrogens (tertiary/aromatic N) is 1. The number of halogens is 2. The Bertz CT molecular complexity index is 370. The highest BCUT2D eigenvalue weighted by Crippen LogP contribution is 2.24. The van der Waals surface area contributed by atoms with Crippen LogP contribution in [0.25, 0.3) is 0 Å². The molecule has 0 amide bonds. The third kappa shape index (κ3) is 2.47. The van der Waals surface area contributed by atoms with Gasteiger partial charge in [0.15, 0.2) is 11.6 Å². The monoisotopic (exact) mass is 227 g/mol. The van der Waals surface area contributed by atoms with E-state index < -0.39 is 11.6 Å². The molecular formula is C11H15F2N3. The van der Waals surface area contributed by atoms with E-state index >= 15 is 0 Å². The van der Waals surface area contributed by atoms with Gasteiger partial charge in [0.1, 0.15) is 5.82 Å². The average Bonchev–Trinajstić information content (AvgIpc) is 2.63. The molecule has 0 radical (unpaired) electrons. The van der Waals surface area contributed by atoms with E-state index in [1.165, 1.54) is 0 Å². The molecule has 88 valence electrons. The topological polar surface area (TPSA) is 50.9 Å². The van der Waals surface area contributed by atoms with Crippen LogP contribution in [0.3, 0.4) is 0 Å². The Kier molecular flexibility index (Phi) is 3.33. The van der Waals surface area contributed by atoms with E-state index in [4.69, 9.17) is 5.73 Å². The minimum atomic E-state index is -0.666. The van der Waals surface area contributed by atoms with E-state index in [0.29, 0.717) is 12.5 Å². The third-order valence-electron chi connectivity index (χ3n) is 3.06. The molecule has 1 aromatic heterocycles. The standard InChI is InChI=1S/C11H15F2N3/c12-8-4-9(13)11(16-6-8)15-5-7-2-1-3-10(7)14/h4,6-7,10H,1-3,5,14H2,(H,15,16). The van der Waals surface area contributed by atoms with Gasteiger partial charge in [-0.25, -0.2) is 13.8 Å². The normalized spacial score (nSPS) is 24.7. The van der Waals surface area contributed by atoms with Gasteiger partial charge in [-0.3, -0.25) is 0 Å². The van der Waals surface area contributed by atoms with Crippen LogP contribution >= 0.6 is 0 Å². The predicted molar refractivity (Wildman–Crippen MR) is 58.0 cm³/mol. The highest BCUT2D eigenvalue weighted by atomic mass is 19.1. The molecule has 2 unspecified atom stereocenters. The van der Waals surface area contributed by atoms with Gasteiger partial charge in [-0.15, -0.1) is 0 Å². The quantitative estimate of drug-likeness (QED) is 0.829. The lowest BCUT2D eigenvalue weighted by atomic mass is 10.1. The highest BCUT2D eigenvalue weighted by molar-refractivity contribution is 5.35. The number of nitrogens with one attached hydrogen (secondary N) is 1. The fourth-order valence-corrected chi connectivity index (χ4v) is 2.09. The first kappa shape index (κ1) is 11.3. The van der Waals surface area contributed by atoms with Crippen molar-refractivity contribution in [2.24, 2.45) is 11.7 Å². The van der Waals surface area contributed by atoms with Crippen LogP contribution in [0, 0.1) is 17.6 Å². The summed E-state index contributed by atoms with van der Waals surface area (Å²) < 4.78 is 25.8. The fourth-order valence-electron chi connectivity index (χ4n) is 2.09. The maximum Gasteiger partial charge on any atom is 0.168 e. The van der Waals surface area contributed by atoms with Gasteiger partial charge in [-0.2, -0.15) is 0 Å². The van der Waals surface area contributed by atoms with Gasteiger partial charge < -0.3 is 11.1 Å². The van der Waals surface area contributed by atoms with Crippen LogP contribution in [0.1, 0.15) is 19.3 Å². The molecule has 0 bridgehead atoms. The molecule has 2 rings (SSSR count). The first-order valence-electron chi connectivity index (χ1n) is 5.47. The number of hydrogen-bond donors (Lipinski definition) is 2. The van der Waals surface area contributed by atoms with Crippen molar-refractivity contribution in [2.45, 2.75) is 25.3 Å². The molecule has 1 saturated carbocycles. The van der Waals surface area contributed by atoms with Gasteiger partial charge in [0.2, 0.25) is 0 Å². The number of hydrogen-bond acceptors (Lipinski definition) is 3. The zero-order valence-corrected chi connectivity index (χ0v) is 8.92. The number of anilines is 1. The first-order chi connectivity index (χ1) is 7.66. The summed E-state index contributed by atoms with van der Waals surface area (Å²) >= 11 is 0. The Balaban J connectivity index is 1.94. The summed E-state index contributed by atoms with van der Waals surface area (Å²) in [6.45, 7) is 0.594. The van der Waals surface area contributed by atoms with Crippen LogP contribution in [0.15, 0.2) is 12.3 Å². The van der Waals surface area contributed by atoms with Crippen molar-refractivity contribution in [1.29, 1.82) is 0 Å². The second-order valence-electron chi connectivity index (χ2n) is 4.22. The van der Waals surface area contributed by atoms with Gasteiger partial charge in [0.05, 0.1) is 6.20 Å². The summed E-state index contributed by atoms with van der Waals surface area (Å²) in [7, 11) is 0. The summed E-state index contributed by atoms with van der Waals surface area (Å²) in [4.78, 5) is 3.66. The SMILES string of the molecule is NC1CCCC1CNc1ncc(F)cc1F. The van der Waals surface area contributed by atoms with Gasteiger partial charge in [0, 0.05) is 18.7 Å². The van der Waals surface area contributed by atoms with Crippen molar-refractivity contribution >= 4 is 5.82 Å². The fraction of sp³-hybridized carbons (Fsp3) is 0.545. The maximum atomic E-state index is 13.2. The molecule has 1 fully saturated rings. The van der Waals surface area contributed by atoms with E-state index in [1.54, 1.807) is 0 Å². The lowest BCUT2D eigenvalue weighted by Gasteiger charge is -2.16. The average molecular weight is 227 g/mol. The second kappa shape index (κ2) is 4.74. The van der Waals surface area contributed by atoms with Crippen LogP contribution in [0.2, 0.25) is 0 Å². The van der Waals surface area contributed by atoms with Gasteiger partial charge >= 0.3 is 0 Å². The molecule has 16 heavy (non-hydrogen) atoms. The minimum absolute atomic E-state index is 0.0977. The highest BCUT2D eigenvalue weighted by Gasteiger charge is 2.23. The zero-order valence-electron chi connectivity index (χ0n) is 8.92. The number of rotatable bonds is 3. The Morgan fingerprint density at radius 2 is 2.25 bits per heavy atom. The van der Waals surface area contributed by atoms with Crippen LogP contribution in [-0.4, -0.2) is 17.6 Å². The molecule has 0 saturated heterocycles. The summed E-state index contributed by atoms with van der Waals surface area (Å²) in [6.07, 6.45) is 4.19. The van der Waals surface area contributed by atoms with Gasteiger partial charge in [-0.1, -0.05) is 6.42 Å². The minimum Gasteiger partial charge on any atom is -0.367 e. The molecule has 0 aromatic carbocycles. The van der Waals surface area contributed by atoms with E-state index in [0.717, 1.165) is 31.5 Å². The van der Waals surface area contributed by atoms with Crippen LogP contribution in [0.5, 0.6) is 0 Å². The van der Waals surface area contributed by atoms with Gasteiger partial charge in [0.25, 0.3) is 0 Å². The van der Waals surface area contributed by atoms with Crippen molar-refractivity contribution < 1.29 is 8.78 Å². The summed E-state index contributed by atoms with van der Waals surface area (Å²) in [6, 6.07) is 1.00. The second-order valence-corrected chi connectivity index (χ2v) is 4.22. The van der Waals surface area contributed by atoms with Crippen molar-refractivity contribution in [2.75, 3.05) is 11.9 Å². The van der Waals surface area contributed by atoms with Crippen molar-refractivity contribution in [3.63, 3.8) is 0 Å². The first-order valence-corrected chi connectivity index (χ1v) is 5.47. The number of nitrogens with two attached hydrogens (primary N) is 1. The van der Waals surface area contributed by atoms with E-state index in [-0.39, 0.29) is 11.9 Å². The molecule has 5 heteroatoms. The predicted octanol–water partition coefficient (Wildman–Crippen LogP) is 1.90. The smallest absolute Gasteiger partial charge is 0.168 e.